The molecule has 1 aliphatic rings. The lowest BCUT2D eigenvalue weighted by molar-refractivity contribution is 0.375. The van der Waals surface area contributed by atoms with Crippen LogP contribution in [0, 0.1) is 0 Å². The molecule has 0 amide bonds. The van der Waals surface area contributed by atoms with E-state index in [1.807, 2.05) is 20.2 Å². The lowest BCUT2D eigenvalue weighted by atomic mass is 9.87. The van der Waals surface area contributed by atoms with E-state index in [2.05, 4.69) is 22.0 Å². The number of nitrogens with zero attached hydrogens (tertiary/aromatic N) is 2. The number of aliphatic imine (C=N–C) groups is 1. The topological polar surface area (TPSA) is 41.9 Å². The van der Waals surface area contributed by atoms with Crippen molar-refractivity contribution in [3.8, 4) is 5.75 Å². The van der Waals surface area contributed by atoms with E-state index in [1.165, 1.54) is 5.56 Å². The van der Waals surface area contributed by atoms with Gasteiger partial charge in [0.2, 0.25) is 6.08 Å². The van der Waals surface area contributed by atoms with Crippen LogP contribution in [0.15, 0.2) is 23.2 Å². The van der Waals surface area contributed by atoms with Crippen LogP contribution in [0.5, 0.6) is 5.75 Å². The number of methoxy groups -OCH3 is 1. The normalized spacial score (nSPS) is 17.0. The van der Waals surface area contributed by atoms with Gasteiger partial charge >= 0.3 is 0 Å². The zero-order valence-corrected chi connectivity index (χ0v) is 12.5. The summed E-state index contributed by atoms with van der Waals surface area (Å²) in [7, 11) is 5.75. The number of rotatable bonds is 5. The van der Waals surface area contributed by atoms with E-state index >= 15 is 0 Å². The van der Waals surface area contributed by atoms with E-state index in [1.54, 1.807) is 13.2 Å². The summed E-state index contributed by atoms with van der Waals surface area (Å²) in [4.78, 5) is 17.1. The monoisotopic (exact) mass is 274 g/mol. The van der Waals surface area contributed by atoms with Crippen LogP contribution in [-0.4, -0.2) is 32.2 Å². The molecule has 0 heterocycles. The van der Waals surface area contributed by atoms with Gasteiger partial charge in [-0.05, 0) is 44.6 Å². The van der Waals surface area contributed by atoms with Gasteiger partial charge in [-0.2, -0.15) is 4.99 Å². The standard InChI is InChI=1S/C16H22N2O2/c1-18(2)11-13-6-7-15(20-3)14(10-13)16(17-12-19)8-4-5-9-16/h6-7,10H,4-5,8-9,11H2,1-3H3. The van der Waals surface area contributed by atoms with Gasteiger partial charge in [-0.1, -0.05) is 18.9 Å². The SMILES string of the molecule is COc1ccc(CN(C)C)cc1C1(N=C=O)CCCC1. The van der Waals surface area contributed by atoms with Gasteiger partial charge in [-0.15, -0.1) is 0 Å². The van der Waals surface area contributed by atoms with Gasteiger partial charge in [0.05, 0.1) is 7.11 Å². The number of hydrogen-bond acceptors (Lipinski definition) is 4. The first kappa shape index (κ1) is 14.8. The average Bonchev–Trinajstić information content (AvgIpc) is 2.88. The zero-order valence-electron chi connectivity index (χ0n) is 12.5. The molecule has 0 unspecified atom stereocenters. The highest BCUT2D eigenvalue weighted by Gasteiger charge is 2.38. The largest absolute Gasteiger partial charge is 0.496 e. The lowest BCUT2D eigenvalue weighted by Crippen LogP contribution is -2.21. The first-order valence-electron chi connectivity index (χ1n) is 7.02. The summed E-state index contributed by atoms with van der Waals surface area (Å²) in [6.45, 7) is 0.859. The van der Waals surface area contributed by atoms with Gasteiger partial charge in [0.1, 0.15) is 11.3 Å². The molecule has 4 heteroatoms. The fraction of sp³-hybridized carbons (Fsp3) is 0.562. The van der Waals surface area contributed by atoms with Gasteiger partial charge in [0, 0.05) is 12.1 Å². The molecule has 20 heavy (non-hydrogen) atoms. The minimum absolute atomic E-state index is 0.435. The van der Waals surface area contributed by atoms with E-state index in [0.29, 0.717) is 0 Å². The van der Waals surface area contributed by atoms with Gasteiger partial charge in [0.15, 0.2) is 0 Å². The minimum atomic E-state index is -0.435. The van der Waals surface area contributed by atoms with Crippen LogP contribution in [0.4, 0.5) is 0 Å². The highest BCUT2D eigenvalue weighted by molar-refractivity contribution is 5.46. The van der Waals surface area contributed by atoms with Crippen molar-refractivity contribution in [2.75, 3.05) is 21.2 Å². The van der Waals surface area contributed by atoms with Crippen molar-refractivity contribution >= 4 is 6.08 Å². The van der Waals surface area contributed by atoms with E-state index in [4.69, 9.17) is 4.74 Å². The summed E-state index contributed by atoms with van der Waals surface area (Å²) in [5.41, 5.74) is 1.80. The Kier molecular flexibility index (Phi) is 4.58. The van der Waals surface area contributed by atoms with Crippen LogP contribution in [-0.2, 0) is 16.9 Å². The molecule has 0 radical (unpaired) electrons. The summed E-state index contributed by atoms with van der Waals surface area (Å²) in [5, 5.41) is 0. The van der Waals surface area contributed by atoms with Crippen LogP contribution in [0.3, 0.4) is 0 Å². The lowest BCUT2D eigenvalue weighted by Gasteiger charge is -2.26. The fourth-order valence-corrected chi connectivity index (χ4v) is 3.07. The third-order valence-electron chi connectivity index (χ3n) is 3.95. The summed E-state index contributed by atoms with van der Waals surface area (Å²) in [6.07, 6.45) is 5.73. The second kappa shape index (κ2) is 6.21. The molecule has 1 saturated carbocycles. The Morgan fingerprint density at radius 3 is 2.60 bits per heavy atom. The van der Waals surface area contributed by atoms with E-state index in [0.717, 1.165) is 43.5 Å². The Morgan fingerprint density at radius 2 is 2.05 bits per heavy atom. The Hall–Kier alpha value is -1.64. The number of hydrogen-bond donors (Lipinski definition) is 0. The number of isocyanates is 1. The molecule has 0 aromatic heterocycles. The van der Waals surface area contributed by atoms with Crippen molar-refractivity contribution in [3.05, 3.63) is 29.3 Å². The summed E-state index contributed by atoms with van der Waals surface area (Å²) < 4.78 is 5.49. The van der Waals surface area contributed by atoms with Crippen LogP contribution in [0.25, 0.3) is 0 Å². The van der Waals surface area contributed by atoms with Crippen molar-refractivity contribution in [2.24, 2.45) is 4.99 Å². The maximum Gasteiger partial charge on any atom is 0.235 e. The molecule has 0 saturated heterocycles. The molecule has 108 valence electrons. The maximum absolute atomic E-state index is 10.9. The van der Waals surface area contributed by atoms with E-state index in [9.17, 15) is 4.79 Å². The minimum Gasteiger partial charge on any atom is -0.496 e. The predicted molar refractivity (Wildman–Crippen MR) is 78.7 cm³/mol. The molecule has 4 nitrogen and oxygen atoms in total. The highest BCUT2D eigenvalue weighted by atomic mass is 16.5. The third kappa shape index (κ3) is 2.92. The van der Waals surface area contributed by atoms with Crippen LogP contribution >= 0.6 is 0 Å². The van der Waals surface area contributed by atoms with Crippen LogP contribution in [0.2, 0.25) is 0 Å². The van der Waals surface area contributed by atoms with Gasteiger partial charge in [-0.25, -0.2) is 4.79 Å². The summed E-state index contributed by atoms with van der Waals surface area (Å²) in [5.74, 6) is 0.813. The second-order valence-corrected chi connectivity index (χ2v) is 5.71. The molecule has 1 aromatic carbocycles. The smallest absolute Gasteiger partial charge is 0.235 e. The molecule has 0 aliphatic heterocycles. The summed E-state index contributed by atoms with van der Waals surface area (Å²) >= 11 is 0. The molecule has 1 fully saturated rings. The molecule has 0 spiro atoms. The molecule has 0 N–H and O–H groups in total. The second-order valence-electron chi connectivity index (χ2n) is 5.71. The van der Waals surface area contributed by atoms with Crippen molar-refractivity contribution in [2.45, 2.75) is 37.8 Å². The fourth-order valence-electron chi connectivity index (χ4n) is 3.07. The first-order valence-corrected chi connectivity index (χ1v) is 7.02. The third-order valence-corrected chi connectivity index (χ3v) is 3.95. The van der Waals surface area contributed by atoms with Crippen molar-refractivity contribution < 1.29 is 9.53 Å². The number of ether oxygens (including phenoxy) is 1. The summed E-state index contributed by atoms with van der Waals surface area (Å²) in [6, 6.07) is 6.18. The Labute approximate surface area is 120 Å². The van der Waals surface area contributed by atoms with Crippen molar-refractivity contribution in [1.29, 1.82) is 0 Å². The van der Waals surface area contributed by atoms with E-state index < -0.39 is 5.54 Å². The zero-order chi connectivity index (χ0) is 14.6. The van der Waals surface area contributed by atoms with Gasteiger partial charge in [-0.3, -0.25) is 0 Å². The van der Waals surface area contributed by atoms with Crippen molar-refractivity contribution in [3.63, 3.8) is 0 Å². The van der Waals surface area contributed by atoms with Gasteiger partial charge < -0.3 is 9.64 Å². The average molecular weight is 274 g/mol. The number of benzene rings is 1. The quantitative estimate of drug-likeness (QED) is 0.612. The molecule has 0 atom stereocenters. The number of carbonyl (C=O) groups excluding carboxylic acids is 1. The van der Waals surface area contributed by atoms with Crippen LogP contribution < -0.4 is 4.74 Å². The molecular weight excluding hydrogens is 252 g/mol. The molecule has 1 aliphatic carbocycles. The Bertz CT molecular complexity index is 513. The molecule has 1 aromatic rings. The van der Waals surface area contributed by atoms with Crippen LogP contribution in [0.1, 0.15) is 36.8 Å². The first-order chi connectivity index (χ1) is 9.61. The molecular formula is C16H22N2O2. The Balaban J connectivity index is 2.48. The van der Waals surface area contributed by atoms with Gasteiger partial charge in [0.25, 0.3) is 0 Å². The molecule has 0 bridgehead atoms. The predicted octanol–water partition coefficient (Wildman–Crippen LogP) is 2.86. The molecule has 2 rings (SSSR count). The Morgan fingerprint density at radius 1 is 1.35 bits per heavy atom. The van der Waals surface area contributed by atoms with Crippen molar-refractivity contribution in [1.82, 2.24) is 4.90 Å². The maximum atomic E-state index is 10.9. The van der Waals surface area contributed by atoms with E-state index in [-0.39, 0.29) is 0 Å². The highest BCUT2D eigenvalue weighted by Crippen LogP contribution is 2.45.